The first-order valence-corrected chi connectivity index (χ1v) is 6.97. The minimum absolute atomic E-state index is 0.0930. The topological polar surface area (TPSA) is 81.5 Å². The molecule has 1 unspecified atom stereocenters. The van der Waals surface area contributed by atoms with Crippen LogP contribution in [0.25, 0.3) is 0 Å². The van der Waals surface area contributed by atoms with E-state index < -0.39 is 11.0 Å². The lowest BCUT2D eigenvalue weighted by atomic mass is 10.0. The molecule has 0 saturated heterocycles. The molecule has 0 amide bonds. The average molecular weight is 315 g/mol. The highest BCUT2D eigenvalue weighted by atomic mass is 35.5. The molecule has 0 spiro atoms. The maximum Gasteiger partial charge on any atom is 0.322 e. The van der Waals surface area contributed by atoms with Crippen molar-refractivity contribution in [2.45, 2.75) is 32.9 Å². The molecule has 0 aromatic heterocycles. The molecule has 1 rings (SSSR count). The number of carbonyl (C=O) groups excluding carboxylic acids is 1. The molecule has 7 heteroatoms. The Balaban J connectivity index is 2.78. The Hall–Kier alpha value is -1.66. The van der Waals surface area contributed by atoms with E-state index in [1.807, 2.05) is 13.8 Å². The van der Waals surface area contributed by atoms with Gasteiger partial charge in [0.25, 0.3) is 5.69 Å². The van der Waals surface area contributed by atoms with Gasteiger partial charge in [0.2, 0.25) is 0 Å². The van der Waals surface area contributed by atoms with Crippen LogP contribution in [0.4, 0.5) is 5.69 Å². The quantitative estimate of drug-likeness (QED) is 0.475. The van der Waals surface area contributed by atoms with Crippen LogP contribution < -0.4 is 5.32 Å². The van der Waals surface area contributed by atoms with Gasteiger partial charge < -0.3 is 10.1 Å². The predicted octanol–water partition coefficient (Wildman–Crippen LogP) is 2.93. The van der Waals surface area contributed by atoms with Crippen molar-refractivity contribution in [1.82, 2.24) is 5.32 Å². The van der Waals surface area contributed by atoms with E-state index in [0.29, 0.717) is 24.4 Å². The molecule has 0 fully saturated rings. The summed E-state index contributed by atoms with van der Waals surface area (Å²) < 4.78 is 4.75. The van der Waals surface area contributed by atoms with Crippen LogP contribution in [0.15, 0.2) is 18.2 Å². The maximum absolute atomic E-state index is 11.7. The number of carbonyl (C=O) groups is 1. The van der Waals surface area contributed by atoms with E-state index in [0.717, 1.165) is 0 Å². The second-order valence-electron chi connectivity index (χ2n) is 5.13. The summed E-state index contributed by atoms with van der Waals surface area (Å²) in [6, 6.07) is 4.13. The fraction of sp³-hybridized carbons (Fsp3) is 0.500. The lowest BCUT2D eigenvalue weighted by Gasteiger charge is -2.18. The van der Waals surface area contributed by atoms with Crippen LogP contribution in [-0.4, -0.2) is 24.0 Å². The molecule has 1 aromatic carbocycles. The molecular weight excluding hydrogens is 296 g/mol. The Morgan fingerprint density at radius 3 is 2.67 bits per heavy atom. The van der Waals surface area contributed by atoms with E-state index in [1.165, 1.54) is 19.2 Å². The van der Waals surface area contributed by atoms with Gasteiger partial charge in [-0.1, -0.05) is 31.5 Å². The van der Waals surface area contributed by atoms with E-state index in [-0.39, 0.29) is 16.7 Å². The molecule has 21 heavy (non-hydrogen) atoms. The smallest absolute Gasteiger partial charge is 0.322 e. The Morgan fingerprint density at radius 1 is 1.48 bits per heavy atom. The number of ether oxygens (including phenoxy) is 1. The van der Waals surface area contributed by atoms with Gasteiger partial charge in [-0.15, -0.1) is 0 Å². The van der Waals surface area contributed by atoms with Crippen LogP contribution in [0.1, 0.15) is 25.8 Å². The number of nitrogens with zero attached hydrogens (tertiary/aromatic N) is 1. The van der Waals surface area contributed by atoms with Crippen LogP contribution >= 0.6 is 11.6 Å². The van der Waals surface area contributed by atoms with Crippen LogP contribution in [0.3, 0.4) is 0 Å². The highest BCUT2D eigenvalue weighted by Gasteiger charge is 2.20. The molecule has 1 N–H and O–H groups in total. The zero-order valence-corrected chi connectivity index (χ0v) is 13.0. The third kappa shape index (κ3) is 5.32. The first kappa shape index (κ1) is 17.4. The van der Waals surface area contributed by atoms with Crippen LogP contribution in [0.5, 0.6) is 0 Å². The molecule has 0 radical (unpaired) electrons. The summed E-state index contributed by atoms with van der Waals surface area (Å²) in [6.45, 7) is 4.33. The summed E-state index contributed by atoms with van der Waals surface area (Å²) in [6.07, 6.45) is 0.627. The van der Waals surface area contributed by atoms with Crippen molar-refractivity contribution in [2.24, 2.45) is 5.92 Å². The fourth-order valence-corrected chi connectivity index (χ4v) is 2.11. The van der Waals surface area contributed by atoms with E-state index in [2.05, 4.69) is 5.32 Å². The monoisotopic (exact) mass is 314 g/mol. The largest absolute Gasteiger partial charge is 0.468 e. The summed E-state index contributed by atoms with van der Waals surface area (Å²) in [4.78, 5) is 22.0. The predicted molar refractivity (Wildman–Crippen MR) is 80.2 cm³/mol. The summed E-state index contributed by atoms with van der Waals surface area (Å²) >= 11 is 5.76. The highest BCUT2D eigenvalue weighted by Crippen LogP contribution is 2.25. The van der Waals surface area contributed by atoms with Gasteiger partial charge in [-0.25, -0.2) is 0 Å². The second kappa shape index (κ2) is 7.95. The van der Waals surface area contributed by atoms with Gasteiger partial charge in [0.05, 0.1) is 12.0 Å². The van der Waals surface area contributed by atoms with Crippen LogP contribution in [0, 0.1) is 16.0 Å². The molecule has 0 bridgehead atoms. The lowest BCUT2D eigenvalue weighted by molar-refractivity contribution is -0.384. The number of hydrogen-bond donors (Lipinski definition) is 1. The Kier molecular flexibility index (Phi) is 6.58. The minimum atomic E-state index is -0.530. The van der Waals surface area contributed by atoms with Crippen molar-refractivity contribution in [3.05, 3.63) is 38.9 Å². The Morgan fingerprint density at radius 2 is 2.14 bits per heavy atom. The molecule has 0 aliphatic heterocycles. The third-order valence-corrected chi connectivity index (χ3v) is 3.27. The lowest BCUT2D eigenvalue weighted by Crippen LogP contribution is -2.38. The first-order valence-electron chi connectivity index (χ1n) is 6.59. The van der Waals surface area contributed by atoms with Crippen molar-refractivity contribution < 1.29 is 14.5 Å². The second-order valence-corrected chi connectivity index (χ2v) is 5.54. The minimum Gasteiger partial charge on any atom is -0.468 e. The Bertz CT molecular complexity index is 520. The molecule has 0 saturated carbocycles. The van der Waals surface area contributed by atoms with Gasteiger partial charge in [-0.2, -0.15) is 0 Å². The maximum atomic E-state index is 11.7. The van der Waals surface area contributed by atoms with Gasteiger partial charge in [-0.05, 0) is 24.0 Å². The van der Waals surface area contributed by atoms with Gasteiger partial charge in [0.1, 0.15) is 11.1 Å². The zero-order chi connectivity index (χ0) is 16.0. The molecule has 1 aromatic rings. The number of nitro benzene ring substituents is 1. The molecule has 0 aliphatic carbocycles. The number of methoxy groups -OCH3 is 1. The zero-order valence-electron chi connectivity index (χ0n) is 12.3. The van der Waals surface area contributed by atoms with Gasteiger partial charge in [-0.3, -0.25) is 14.9 Å². The molecule has 0 aliphatic rings. The summed E-state index contributed by atoms with van der Waals surface area (Å²) in [7, 11) is 1.34. The van der Waals surface area contributed by atoms with Gasteiger partial charge >= 0.3 is 5.97 Å². The average Bonchev–Trinajstić information content (AvgIpc) is 2.43. The summed E-state index contributed by atoms with van der Waals surface area (Å²) in [5, 5.41) is 14.0. The molecular formula is C14H19ClN2O4. The Labute approximate surface area is 128 Å². The standard InChI is InChI=1S/C14H19ClN2O4/c1-9(2)6-12(14(18)21-3)16-8-10-4-5-11(15)13(7-10)17(19)20/h4-5,7,9,12,16H,6,8H2,1-3H3. The van der Waals surface area contributed by atoms with Crippen LogP contribution in [0.2, 0.25) is 5.02 Å². The van der Waals surface area contributed by atoms with Gasteiger partial charge in [0.15, 0.2) is 0 Å². The van der Waals surface area contributed by atoms with Crippen molar-refractivity contribution >= 4 is 23.3 Å². The summed E-state index contributed by atoms with van der Waals surface area (Å²) in [5.74, 6) is -0.0201. The highest BCUT2D eigenvalue weighted by molar-refractivity contribution is 6.32. The number of nitro groups is 1. The molecule has 6 nitrogen and oxygen atoms in total. The molecule has 0 heterocycles. The van der Waals surface area contributed by atoms with E-state index >= 15 is 0 Å². The van der Waals surface area contributed by atoms with Crippen molar-refractivity contribution in [3.63, 3.8) is 0 Å². The van der Waals surface area contributed by atoms with Crippen molar-refractivity contribution in [1.29, 1.82) is 0 Å². The van der Waals surface area contributed by atoms with E-state index in [4.69, 9.17) is 16.3 Å². The number of benzene rings is 1. The third-order valence-electron chi connectivity index (χ3n) is 2.95. The van der Waals surface area contributed by atoms with Gasteiger partial charge in [0, 0.05) is 12.6 Å². The number of nitrogens with one attached hydrogen (secondary N) is 1. The number of halogens is 1. The molecule has 116 valence electrons. The van der Waals surface area contributed by atoms with Crippen molar-refractivity contribution in [2.75, 3.05) is 7.11 Å². The molecule has 1 atom stereocenters. The van der Waals surface area contributed by atoms with Crippen molar-refractivity contribution in [3.8, 4) is 0 Å². The number of rotatable bonds is 7. The fourth-order valence-electron chi connectivity index (χ4n) is 1.93. The van der Waals surface area contributed by atoms with Crippen LogP contribution in [-0.2, 0) is 16.1 Å². The first-order chi connectivity index (χ1) is 9.85. The van der Waals surface area contributed by atoms with E-state index in [1.54, 1.807) is 6.07 Å². The van der Waals surface area contributed by atoms with E-state index in [9.17, 15) is 14.9 Å². The normalized spacial score (nSPS) is 12.2. The number of esters is 1. The summed E-state index contributed by atoms with van der Waals surface area (Å²) in [5.41, 5.74) is 0.540. The number of hydrogen-bond acceptors (Lipinski definition) is 5. The SMILES string of the molecule is COC(=O)C(CC(C)C)NCc1ccc(Cl)c([N+](=O)[O-])c1.